The van der Waals surface area contributed by atoms with Crippen LogP contribution >= 0.6 is 11.6 Å². The van der Waals surface area contributed by atoms with E-state index in [1.807, 2.05) is 0 Å². The molecule has 2 saturated heterocycles. The quantitative estimate of drug-likeness (QED) is 0.123. The zero-order valence-corrected chi connectivity index (χ0v) is 27.5. The average Bonchev–Trinajstić information content (AvgIpc) is 2.97. The molecule has 14 nitrogen and oxygen atoms in total. The van der Waals surface area contributed by atoms with E-state index in [0.717, 1.165) is 13.8 Å². The summed E-state index contributed by atoms with van der Waals surface area (Å²) in [5.74, 6) is 9.01. The van der Waals surface area contributed by atoms with Crippen molar-refractivity contribution in [3.8, 4) is 23.7 Å². The molecule has 3 rings (SSSR count). The summed E-state index contributed by atoms with van der Waals surface area (Å²) in [4.78, 5) is 45.8. The first-order chi connectivity index (χ1) is 22.2. The molecule has 0 radical (unpaired) electrons. The molecule has 262 valence electrons. The predicted molar refractivity (Wildman–Crippen MR) is 161 cm³/mol. The summed E-state index contributed by atoms with van der Waals surface area (Å²) in [5, 5.41) is 42.2. The number of rotatable bonds is 6. The van der Waals surface area contributed by atoms with Crippen molar-refractivity contribution in [2.75, 3.05) is 13.2 Å². The fraction of sp³-hybridized carbons (Fsp3) is 0.750. The second kappa shape index (κ2) is 18.0. The molecule has 47 heavy (non-hydrogen) atoms. The van der Waals surface area contributed by atoms with Crippen molar-refractivity contribution in [1.82, 2.24) is 0 Å². The van der Waals surface area contributed by atoms with Crippen LogP contribution in [-0.4, -0.2) is 124 Å². The molecule has 2 aliphatic heterocycles. The molecule has 0 aromatic heterocycles. The SMILES string of the molecule is CC(=O)OC[C@H]1O[C@H](C#CC2CCCC(C#C[C@H]3O[C@H](COC(C)=O)[C@@H](OC(C)=O)[C@H](O)[C@@H]3O)CC(Cl)C2)[C@@H](O)[C@@H](O)[C@@H]1OC(C)=O. The molecule has 3 aliphatic rings. The lowest BCUT2D eigenvalue weighted by Crippen LogP contribution is -2.59. The summed E-state index contributed by atoms with van der Waals surface area (Å²) in [7, 11) is 0. The molecule has 0 bridgehead atoms. The van der Waals surface area contributed by atoms with Gasteiger partial charge in [0.25, 0.3) is 0 Å². The zero-order chi connectivity index (χ0) is 34.8. The van der Waals surface area contributed by atoms with Gasteiger partial charge in [-0.3, -0.25) is 19.2 Å². The Bertz CT molecular complexity index is 1140. The van der Waals surface area contributed by atoms with Crippen molar-refractivity contribution in [3.05, 3.63) is 0 Å². The average molecular weight is 687 g/mol. The summed E-state index contributed by atoms with van der Waals surface area (Å²) in [6, 6.07) is 0. The first kappa shape index (κ1) is 38.5. The second-order valence-corrected chi connectivity index (χ2v) is 12.5. The van der Waals surface area contributed by atoms with Crippen LogP contribution in [-0.2, 0) is 47.6 Å². The third kappa shape index (κ3) is 11.6. The molecule has 0 spiro atoms. The predicted octanol–water partition coefficient (Wildman–Crippen LogP) is -0.235. The van der Waals surface area contributed by atoms with Crippen LogP contribution in [0.2, 0.25) is 0 Å². The van der Waals surface area contributed by atoms with Gasteiger partial charge < -0.3 is 48.8 Å². The number of hydrogen-bond acceptors (Lipinski definition) is 14. The summed E-state index contributed by atoms with van der Waals surface area (Å²) < 4.78 is 31.8. The highest BCUT2D eigenvalue weighted by atomic mass is 35.5. The van der Waals surface area contributed by atoms with Crippen molar-refractivity contribution in [1.29, 1.82) is 0 Å². The lowest BCUT2D eigenvalue weighted by molar-refractivity contribution is -0.229. The fourth-order valence-corrected chi connectivity index (χ4v) is 6.11. The number of aliphatic hydroxyl groups is 4. The summed E-state index contributed by atoms with van der Waals surface area (Å²) in [6.45, 7) is 4.05. The smallest absolute Gasteiger partial charge is 0.303 e. The van der Waals surface area contributed by atoms with Crippen molar-refractivity contribution >= 4 is 35.5 Å². The standard InChI is InChI=1S/C32H43ClO14/c1-16(34)42-14-25-31(44-18(3)36)29(40)27(38)23(46-25)10-8-20-6-5-7-21(13-22(33)12-20)9-11-24-28(39)30(41)32(45-19(4)37)26(47-24)15-43-17(2)35/h20-32,38-41H,5-7,12-15H2,1-4H3/t20?,21?,22?,23-,24-,25-,26-,27-,28-,29-,30-,31-,32-/m1/s1. The Labute approximate surface area is 278 Å². The highest BCUT2D eigenvalue weighted by Crippen LogP contribution is 2.31. The van der Waals surface area contributed by atoms with E-state index in [2.05, 4.69) is 23.7 Å². The minimum atomic E-state index is -1.53. The van der Waals surface area contributed by atoms with E-state index in [1.165, 1.54) is 13.8 Å². The van der Waals surface area contributed by atoms with Crippen LogP contribution in [0.3, 0.4) is 0 Å². The van der Waals surface area contributed by atoms with E-state index >= 15 is 0 Å². The van der Waals surface area contributed by atoms with Crippen molar-refractivity contribution in [2.45, 2.75) is 126 Å². The molecule has 1 saturated carbocycles. The number of alkyl halides is 1. The van der Waals surface area contributed by atoms with Crippen LogP contribution in [0.4, 0.5) is 0 Å². The van der Waals surface area contributed by atoms with Gasteiger partial charge in [0.2, 0.25) is 0 Å². The van der Waals surface area contributed by atoms with Crippen LogP contribution < -0.4 is 0 Å². The highest BCUT2D eigenvalue weighted by Gasteiger charge is 2.47. The Morgan fingerprint density at radius 2 is 1.02 bits per heavy atom. The van der Waals surface area contributed by atoms with Gasteiger partial charge in [0.15, 0.2) is 12.2 Å². The number of halogens is 1. The lowest BCUT2D eigenvalue weighted by atomic mass is 9.85. The maximum Gasteiger partial charge on any atom is 0.303 e. The van der Waals surface area contributed by atoms with Gasteiger partial charge in [-0.2, -0.15) is 0 Å². The van der Waals surface area contributed by atoms with E-state index in [9.17, 15) is 39.6 Å². The van der Waals surface area contributed by atoms with Crippen LogP contribution in [0, 0.1) is 35.5 Å². The molecular formula is C32H43ClO14. The molecular weight excluding hydrogens is 644 g/mol. The maximum absolute atomic E-state index is 11.5. The molecule has 12 atom stereocenters. The summed E-state index contributed by atoms with van der Waals surface area (Å²) >= 11 is 6.68. The molecule has 4 N–H and O–H groups in total. The number of hydrogen-bond donors (Lipinski definition) is 4. The maximum atomic E-state index is 11.5. The molecule has 2 heterocycles. The zero-order valence-electron chi connectivity index (χ0n) is 26.7. The Balaban J connectivity index is 1.64. The normalized spacial score (nSPS) is 37.3. The number of esters is 4. The first-order valence-electron chi connectivity index (χ1n) is 15.5. The molecule has 1 aliphatic carbocycles. The highest BCUT2D eigenvalue weighted by molar-refractivity contribution is 6.20. The molecule has 3 fully saturated rings. The topological polar surface area (TPSA) is 205 Å². The van der Waals surface area contributed by atoms with Crippen molar-refractivity contribution < 1.29 is 68.0 Å². The summed E-state index contributed by atoms with van der Waals surface area (Å²) in [6.07, 6.45) is -9.96. The van der Waals surface area contributed by atoms with Crippen LogP contribution in [0.25, 0.3) is 0 Å². The van der Waals surface area contributed by atoms with E-state index in [4.69, 9.17) is 40.0 Å². The Morgan fingerprint density at radius 1 is 0.638 bits per heavy atom. The van der Waals surface area contributed by atoms with E-state index < -0.39 is 84.9 Å². The number of carbonyl (C=O) groups excluding carboxylic acids is 4. The molecule has 0 aromatic carbocycles. The largest absolute Gasteiger partial charge is 0.463 e. The van der Waals surface area contributed by atoms with Gasteiger partial charge in [0, 0.05) is 44.9 Å². The van der Waals surface area contributed by atoms with Gasteiger partial charge in [0.1, 0.15) is 62.0 Å². The minimum Gasteiger partial charge on any atom is -0.463 e. The van der Waals surface area contributed by atoms with Gasteiger partial charge in [-0.15, -0.1) is 11.6 Å². The third-order valence-electron chi connectivity index (χ3n) is 7.92. The minimum absolute atomic E-state index is 0.170. The number of carbonyl (C=O) groups is 4. The second-order valence-electron chi connectivity index (χ2n) is 11.9. The third-order valence-corrected chi connectivity index (χ3v) is 8.28. The van der Waals surface area contributed by atoms with Crippen LogP contribution in [0.1, 0.15) is 59.8 Å². The van der Waals surface area contributed by atoms with Crippen LogP contribution in [0.5, 0.6) is 0 Å². The molecule has 0 amide bonds. The van der Waals surface area contributed by atoms with Gasteiger partial charge in [-0.1, -0.05) is 30.1 Å². The van der Waals surface area contributed by atoms with Crippen molar-refractivity contribution in [3.63, 3.8) is 0 Å². The van der Waals surface area contributed by atoms with E-state index in [-0.39, 0.29) is 30.4 Å². The van der Waals surface area contributed by atoms with Crippen LogP contribution in [0.15, 0.2) is 0 Å². The Hall–Kier alpha value is -2.95. The van der Waals surface area contributed by atoms with E-state index in [0.29, 0.717) is 32.1 Å². The first-order valence-corrected chi connectivity index (χ1v) is 15.9. The fourth-order valence-electron chi connectivity index (χ4n) is 5.68. The molecule has 2 unspecified atom stereocenters. The van der Waals surface area contributed by atoms with Gasteiger partial charge in [-0.25, -0.2) is 0 Å². The van der Waals surface area contributed by atoms with E-state index in [1.54, 1.807) is 0 Å². The van der Waals surface area contributed by atoms with Gasteiger partial charge >= 0.3 is 23.9 Å². The van der Waals surface area contributed by atoms with Crippen molar-refractivity contribution in [2.24, 2.45) is 11.8 Å². The lowest BCUT2D eigenvalue weighted by Gasteiger charge is -2.40. The number of aliphatic hydroxyl groups excluding tert-OH is 4. The Morgan fingerprint density at radius 3 is 1.36 bits per heavy atom. The number of ether oxygens (including phenoxy) is 6. The monoisotopic (exact) mass is 686 g/mol. The van der Waals surface area contributed by atoms with Gasteiger partial charge in [-0.05, 0) is 25.7 Å². The molecule has 15 heteroatoms. The molecule has 0 aromatic rings. The Kier molecular flexibility index (Phi) is 14.7. The van der Waals surface area contributed by atoms with Gasteiger partial charge in [0.05, 0.1) is 0 Å². The summed E-state index contributed by atoms with van der Waals surface area (Å²) in [5.41, 5.74) is 0.